The maximum absolute atomic E-state index is 9.97. The first-order valence-electron chi connectivity index (χ1n) is 7.82. The Balaban J connectivity index is 1.52. The van der Waals surface area contributed by atoms with Crippen LogP contribution in [0.5, 0.6) is 5.75 Å². The van der Waals surface area contributed by atoms with Gasteiger partial charge in [-0.15, -0.1) is 0 Å². The van der Waals surface area contributed by atoms with Gasteiger partial charge in [0.2, 0.25) is 0 Å². The topological polar surface area (TPSA) is 35.5 Å². The van der Waals surface area contributed by atoms with E-state index in [2.05, 4.69) is 66.3 Å². The summed E-state index contributed by atoms with van der Waals surface area (Å²) in [6.07, 6.45) is 2.23. The smallest absolute Gasteiger partial charge is 0.120 e. The van der Waals surface area contributed by atoms with Crippen molar-refractivity contribution < 1.29 is 5.11 Å². The van der Waals surface area contributed by atoms with Crippen molar-refractivity contribution in [1.29, 1.82) is 0 Å². The fourth-order valence-corrected chi connectivity index (χ4v) is 3.61. The molecule has 2 aromatic rings. The lowest BCUT2D eigenvalue weighted by atomic mass is 10.0. The Morgan fingerprint density at radius 3 is 2.35 bits per heavy atom. The molecule has 0 spiro atoms. The summed E-state index contributed by atoms with van der Waals surface area (Å²) in [6.45, 7) is 2.89. The van der Waals surface area contributed by atoms with Crippen molar-refractivity contribution in [2.45, 2.75) is 25.4 Å². The number of nitrogens with zero attached hydrogens (tertiary/aromatic N) is 1. The van der Waals surface area contributed by atoms with E-state index in [1.54, 1.807) is 6.07 Å². The summed E-state index contributed by atoms with van der Waals surface area (Å²) in [4.78, 5) is 2.40. The van der Waals surface area contributed by atoms with Crippen LogP contribution in [0, 0.1) is 0 Å². The van der Waals surface area contributed by atoms with Crippen LogP contribution in [0.1, 0.15) is 18.4 Å². The van der Waals surface area contributed by atoms with Crippen LogP contribution >= 0.6 is 31.9 Å². The number of benzene rings is 2. The van der Waals surface area contributed by atoms with Crippen molar-refractivity contribution in [1.82, 2.24) is 4.90 Å². The highest BCUT2D eigenvalue weighted by Gasteiger charge is 2.20. The van der Waals surface area contributed by atoms with E-state index in [-0.39, 0.29) is 0 Å². The summed E-state index contributed by atoms with van der Waals surface area (Å²) in [5.74, 6) is 0.378. The van der Waals surface area contributed by atoms with Crippen LogP contribution in [0.2, 0.25) is 0 Å². The van der Waals surface area contributed by atoms with E-state index in [4.69, 9.17) is 0 Å². The molecule has 0 unspecified atom stereocenters. The van der Waals surface area contributed by atoms with Crippen LogP contribution < -0.4 is 5.32 Å². The number of hydrogen-bond acceptors (Lipinski definition) is 3. The first kappa shape index (κ1) is 16.8. The van der Waals surface area contributed by atoms with Gasteiger partial charge < -0.3 is 10.4 Å². The average Bonchev–Trinajstić information content (AvgIpc) is 2.55. The number of phenols is 1. The molecule has 0 aliphatic carbocycles. The lowest BCUT2D eigenvalue weighted by molar-refractivity contribution is 0.209. The number of halogens is 2. The Bertz CT molecular complexity index is 653. The number of likely N-dealkylation sites (tertiary alicyclic amines) is 1. The van der Waals surface area contributed by atoms with Gasteiger partial charge in [-0.25, -0.2) is 0 Å². The van der Waals surface area contributed by atoms with Crippen LogP contribution in [0.15, 0.2) is 51.4 Å². The highest BCUT2D eigenvalue weighted by Crippen LogP contribution is 2.25. The molecule has 0 amide bonds. The number of aromatic hydroxyl groups is 1. The van der Waals surface area contributed by atoms with Gasteiger partial charge >= 0.3 is 0 Å². The zero-order chi connectivity index (χ0) is 16.2. The minimum atomic E-state index is 0.378. The molecule has 0 bridgehead atoms. The van der Waals surface area contributed by atoms with E-state index < -0.39 is 0 Å². The normalized spacial score (nSPS) is 16.4. The molecule has 23 heavy (non-hydrogen) atoms. The summed E-state index contributed by atoms with van der Waals surface area (Å²) >= 11 is 6.93. The van der Waals surface area contributed by atoms with Crippen LogP contribution in [0.25, 0.3) is 0 Å². The molecule has 1 aliphatic rings. The highest BCUT2D eigenvalue weighted by atomic mass is 79.9. The van der Waals surface area contributed by atoms with Crippen molar-refractivity contribution in [2.24, 2.45) is 0 Å². The minimum absolute atomic E-state index is 0.378. The Morgan fingerprint density at radius 1 is 1.00 bits per heavy atom. The number of phenolic OH excluding ortho intramolecular Hbond substituents is 1. The predicted molar refractivity (Wildman–Crippen MR) is 102 cm³/mol. The zero-order valence-corrected chi connectivity index (χ0v) is 16.0. The largest absolute Gasteiger partial charge is 0.508 e. The van der Waals surface area contributed by atoms with Crippen LogP contribution in [-0.2, 0) is 6.54 Å². The Morgan fingerprint density at radius 2 is 1.65 bits per heavy atom. The molecular weight excluding hydrogens is 420 g/mol. The van der Waals surface area contributed by atoms with Crippen molar-refractivity contribution in [2.75, 3.05) is 18.4 Å². The van der Waals surface area contributed by atoms with Gasteiger partial charge in [-0.05, 0) is 55.3 Å². The quantitative estimate of drug-likeness (QED) is 0.703. The van der Waals surface area contributed by atoms with E-state index in [0.29, 0.717) is 11.8 Å². The molecule has 3 nitrogen and oxygen atoms in total. The SMILES string of the molecule is Oc1ccc(Br)cc1CN1CCC(Nc2ccc(Br)cc2)CC1. The van der Waals surface area contributed by atoms with Gasteiger partial charge in [0.25, 0.3) is 0 Å². The highest BCUT2D eigenvalue weighted by molar-refractivity contribution is 9.10. The molecule has 1 heterocycles. The van der Waals surface area contributed by atoms with Gasteiger partial charge in [0.05, 0.1) is 0 Å². The standard InChI is InChI=1S/C18H20Br2N2O/c19-14-1-4-16(5-2-14)21-17-7-9-22(10-8-17)12-13-11-15(20)3-6-18(13)23/h1-6,11,17,21,23H,7-10,12H2. The maximum Gasteiger partial charge on any atom is 0.120 e. The van der Waals surface area contributed by atoms with Gasteiger partial charge in [0.1, 0.15) is 5.75 Å². The summed E-state index contributed by atoms with van der Waals surface area (Å²) in [6, 6.07) is 14.5. The Kier molecular flexibility index (Phi) is 5.62. The number of anilines is 1. The molecule has 2 N–H and O–H groups in total. The van der Waals surface area contributed by atoms with Crippen molar-refractivity contribution >= 4 is 37.5 Å². The first-order valence-corrected chi connectivity index (χ1v) is 9.40. The van der Waals surface area contributed by atoms with Gasteiger partial charge in [0, 0.05) is 45.9 Å². The van der Waals surface area contributed by atoms with E-state index in [0.717, 1.165) is 47.0 Å². The molecule has 0 atom stereocenters. The molecule has 1 fully saturated rings. The van der Waals surface area contributed by atoms with E-state index >= 15 is 0 Å². The van der Waals surface area contributed by atoms with Crippen molar-refractivity contribution in [3.05, 3.63) is 57.0 Å². The van der Waals surface area contributed by atoms with Gasteiger partial charge in [-0.1, -0.05) is 31.9 Å². The second kappa shape index (κ2) is 7.69. The van der Waals surface area contributed by atoms with Crippen molar-refractivity contribution in [3.8, 4) is 5.75 Å². The molecule has 122 valence electrons. The van der Waals surface area contributed by atoms with E-state index in [1.165, 1.54) is 5.69 Å². The minimum Gasteiger partial charge on any atom is -0.508 e. The number of nitrogens with one attached hydrogen (secondary N) is 1. The monoisotopic (exact) mass is 438 g/mol. The summed E-state index contributed by atoms with van der Waals surface area (Å²) in [5, 5.41) is 13.6. The lowest BCUT2D eigenvalue weighted by Gasteiger charge is -2.33. The van der Waals surface area contributed by atoms with E-state index in [9.17, 15) is 5.11 Å². The molecule has 3 rings (SSSR count). The number of rotatable bonds is 4. The molecule has 0 radical (unpaired) electrons. The average molecular weight is 440 g/mol. The third kappa shape index (κ3) is 4.72. The van der Waals surface area contributed by atoms with Crippen LogP contribution in [0.3, 0.4) is 0 Å². The fraction of sp³-hybridized carbons (Fsp3) is 0.333. The maximum atomic E-state index is 9.97. The molecule has 5 heteroatoms. The van der Waals surface area contributed by atoms with Crippen LogP contribution in [-0.4, -0.2) is 29.1 Å². The predicted octanol–water partition coefficient (Wildman–Crippen LogP) is 4.99. The van der Waals surface area contributed by atoms with Gasteiger partial charge in [-0.3, -0.25) is 4.90 Å². The summed E-state index contributed by atoms with van der Waals surface area (Å²) < 4.78 is 2.11. The summed E-state index contributed by atoms with van der Waals surface area (Å²) in [7, 11) is 0. The number of hydrogen-bond donors (Lipinski definition) is 2. The summed E-state index contributed by atoms with van der Waals surface area (Å²) in [5.41, 5.74) is 2.16. The molecule has 1 aliphatic heterocycles. The second-order valence-electron chi connectivity index (χ2n) is 5.97. The van der Waals surface area contributed by atoms with Gasteiger partial charge in [-0.2, -0.15) is 0 Å². The second-order valence-corrected chi connectivity index (χ2v) is 7.81. The van der Waals surface area contributed by atoms with E-state index in [1.807, 2.05) is 12.1 Å². The third-order valence-electron chi connectivity index (χ3n) is 4.24. The third-order valence-corrected chi connectivity index (χ3v) is 5.26. The van der Waals surface area contributed by atoms with Crippen molar-refractivity contribution in [3.63, 3.8) is 0 Å². The first-order chi connectivity index (χ1) is 11.1. The molecule has 0 aromatic heterocycles. The lowest BCUT2D eigenvalue weighted by Crippen LogP contribution is -2.38. The Hall–Kier alpha value is -1.04. The van der Waals surface area contributed by atoms with Gasteiger partial charge in [0.15, 0.2) is 0 Å². The zero-order valence-electron chi connectivity index (χ0n) is 12.8. The molecule has 0 saturated carbocycles. The van der Waals surface area contributed by atoms with Crippen LogP contribution in [0.4, 0.5) is 5.69 Å². The fourth-order valence-electron chi connectivity index (χ4n) is 2.94. The molecule has 2 aromatic carbocycles. The number of piperidine rings is 1. The molecule has 1 saturated heterocycles. The Labute approximate surface area is 154 Å². The molecular formula is C18H20Br2N2O.